The summed E-state index contributed by atoms with van der Waals surface area (Å²) in [5.41, 5.74) is 2.40. The van der Waals surface area contributed by atoms with Crippen molar-refractivity contribution >= 4 is 23.4 Å². The van der Waals surface area contributed by atoms with Gasteiger partial charge in [-0.25, -0.2) is 19.2 Å². The number of hydrogen-bond acceptors (Lipinski definition) is 7. The molecule has 0 spiro atoms. The molecule has 35 heavy (non-hydrogen) atoms. The Balaban J connectivity index is 1.33. The Bertz CT molecular complexity index is 1280. The van der Waals surface area contributed by atoms with Crippen molar-refractivity contribution in [1.82, 2.24) is 19.8 Å². The number of likely N-dealkylation sites (N-methyl/N-ethyl adjacent to an activating group) is 1. The quantitative estimate of drug-likeness (QED) is 0.453. The van der Waals surface area contributed by atoms with Gasteiger partial charge in [-0.05, 0) is 49.0 Å². The number of aromatic nitrogens is 2. The first-order chi connectivity index (χ1) is 16.9. The molecular weight excluding hydrogens is 453 g/mol. The lowest BCUT2D eigenvalue weighted by Crippen LogP contribution is -2.44. The molecule has 0 saturated carbocycles. The number of hydrogen-bond donors (Lipinski definition) is 1. The number of amides is 2. The molecule has 3 aromatic rings. The standard InChI is InChI=1S/C24H24FN7O3/c1-29-10-12-30(13-11-29)22-9-4-17-14-31(15-20(17)26-22)24(33)28-23-21(32(34)35)8-7-19(27-23)16-2-5-18(25)6-3-16/h2-9H,10-15H2,1H3,(H,27,28,33). The van der Waals surface area contributed by atoms with E-state index < -0.39 is 16.8 Å². The van der Waals surface area contributed by atoms with Crippen molar-refractivity contribution in [2.24, 2.45) is 0 Å². The van der Waals surface area contributed by atoms with Gasteiger partial charge in [0.25, 0.3) is 0 Å². The molecule has 0 atom stereocenters. The second-order valence-electron chi connectivity index (χ2n) is 8.68. The van der Waals surface area contributed by atoms with Crippen molar-refractivity contribution in [2.45, 2.75) is 13.1 Å². The average molecular weight is 478 g/mol. The van der Waals surface area contributed by atoms with Gasteiger partial charge in [-0.3, -0.25) is 15.4 Å². The maximum absolute atomic E-state index is 13.3. The molecule has 5 rings (SSSR count). The van der Waals surface area contributed by atoms with Crippen LogP contribution >= 0.6 is 0 Å². The van der Waals surface area contributed by atoms with E-state index in [0.717, 1.165) is 43.3 Å². The normalized spacial score (nSPS) is 15.7. The number of halogens is 1. The molecule has 180 valence electrons. The van der Waals surface area contributed by atoms with E-state index in [4.69, 9.17) is 4.98 Å². The zero-order valence-corrected chi connectivity index (χ0v) is 19.1. The predicted octanol–water partition coefficient (Wildman–Crippen LogP) is 3.49. The van der Waals surface area contributed by atoms with E-state index in [0.29, 0.717) is 24.3 Å². The summed E-state index contributed by atoms with van der Waals surface area (Å²) in [6.07, 6.45) is 0. The van der Waals surface area contributed by atoms with Crippen LogP contribution in [0.5, 0.6) is 0 Å². The van der Waals surface area contributed by atoms with E-state index in [1.807, 2.05) is 12.1 Å². The van der Waals surface area contributed by atoms with Crippen LogP contribution in [0.15, 0.2) is 48.5 Å². The molecule has 0 unspecified atom stereocenters. The fourth-order valence-electron chi connectivity index (χ4n) is 4.25. The fourth-order valence-corrected chi connectivity index (χ4v) is 4.25. The molecule has 2 amide bonds. The number of nitrogens with zero attached hydrogens (tertiary/aromatic N) is 6. The molecule has 2 aliphatic rings. The largest absolute Gasteiger partial charge is 0.354 e. The second-order valence-corrected chi connectivity index (χ2v) is 8.68. The molecule has 2 aliphatic heterocycles. The molecule has 11 heteroatoms. The number of nitrogens with one attached hydrogen (secondary N) is 1. The van der Waals surface area contributed by atoms with Gasteiger partial charge in [-0.1, -0.05) is 6.07 Å². The first kappa shape index (κ1) is 22.7. The molecule has 0 bridgehead atoms. The van der Waals surface area contributed by atoms with Gasteiger partial charge in [0, 0.05) is 44.4 Å². The minimum absolute atomic E-state index is 0.163. The summed E-state index contributed by atoms with van der Waals surface area (Å²) in [6.45, 7) is 4.38. The summed E-state index contributed by atoms with van der Waals surface area (Å²) in [5.74, 6) is 0.328. The van der Waals surface area contributed by atoms with Crippen LogP contribution in [0.2, 0.25) is 0 Å². The van der Waals surface area contributed by atoms with E-state index >= 15 is 0 Å². The Hall–Kier alpha value is -4.12. The Kier molecular flexibility index (Phi) is 6.00. The zero-order valence-electron chi connectivity index (χ0n) is 19.1. The van der Waals surface area contributed by atoms with Crippen LogP contribution in [-0.4, -0.2) is 63.9 Å². The number of anilines is 2. The number of rotatable bonds is 4. The smallest absolute Gasteiger partial charge is 0.323 e. The number of benzene rings is 1. The van der Waals surface area contributed by atoms with Crippen molar-refractivity contribution in [3.8, 4) is 11.3 Å². The van der Waals surface area contributed by atoms with E-state index in [1.54, 1.807) is 4.90 Å². The summed E-state index contributed by atoms with van der Waals surface area (Å²) >= 11 is 0. The van der Waals surface area contributed by atoms with E-state index in [2.05, 4.69) is 27.1 Å². The number of carbonyl (C=O) groups excluding carboxylic acids is 1. The number of nitro groups is 1. The van der Waals surface area contributed by atoms with E-state index in [-0.39, 0.29) is 11.5 Å². The summed E-state index contributed by atoms with van der Waals surface area (Å²) in [7, 11) is 2.10. The molecule has 10 nitrogen and oxygen atoms in total. The number of fused-ring (bicyclic) bond motifs is 1. The minimum atomic E-state index is -0.598. The first-order valence-corrected chi connectivity index (χ1v) is 11.3. The highest BCUT2D eigenvalue weighted by Gasteiger charge is 2.28. The van der Waals surface area contributed by atoms with Gasteiger partial charge in [-0.15, -0.1) is 0 Å². The number of pyridine rings is 2. The molecule has 0 radical (unpaired) electrons. The molecule has 1 fully saturated rings. The van der Waals surface area contributed by atoms with Crippen LogP contribution in [0.4, 0.5) is 26.5 Å². The Labute approximate surface area is 201 Å². The molecule has 0 aliphatic carbocycles. The summed E-state index contributed by atoms with van der Waals surface area (Å²) < 4.78 is 13.3. The third-order valence-electron chi connectivity index (χ3n) is 6.31. The van der Waals surface area contributed by atoms with Gasteiger partial charge in [0.1, 0.15) is 11.6 Å². The topological polar surface area (TPSA) is 108 Å². The van der Waals surface area contributed by atoms with Crippen LogP contribution in [0.3, 0.4) is 0 Å². The Morgan fingerprint density at radius 1 is 1.00 bits per heavy atom. The Morgan fingerprint density at radius 3 is 2.46 bits per heavy atom. The first-order valence-electron chi connectivity index (χ1n) is 11.3. The van der Waals surface area contributed by atoms with Gasteiger partial charge < -0.3 is 14.7 Å². The zero-order chi connectivity index (χ0) is 24.5. The lowest BCUT2D eigenvalue weighted by molar-refractivity contribution is -0.384. The van der Waals surface area contributed by atoms with E-state index in [9.17, 15) is 19.3 Å². The van der Waals surface area contributed by atoms with Crippen LogP contribution < -0.4 is 10.2 Å². The third kappa shape index (κ3) is 4.76. The molecule has 1 aromatic carbocycles. The van der Waals surface area contributed by atoms with Crippen LogP contribution in [0, 0.1) is 15.9 Å². The van der Waals surface area contributed by atoms with E-state index in [1.165, 1.54) is 36.4 Å². The van der Waals surface area contributed by atoms with Gasteiger partial charge in [0.05, 0.1) is 22.9 Å². The predicted molar refractivity (Wildman–Crippen MR) is 128 cm³/mol. The van der Waals surface area contributed by atoms with Gasteiger partial charge in [0.2, 0.25) is 5.82 Å². The van der Waals surface area contributed by atoms with Gasteiger partial charge in [0.15, 0.2) is 0 Å². The molecular formula is C24H24FN7O3. The van der Waals surface area contributed by atoms with Crippen LogP contribution in [-0.2, 0) is 13.1 Å². The average Bonchev–Trinajstić information content (AvgIpc) is 3.28. The van der Waals surface area contributed by atoms with Gasteiger partial charge in [-0.2, -0.15) is 0 Å². The molecule has 2 aromatic heterocycles. The maximum atomic E-state index is 13.3. The monoisotopic (exact) mass is 477 g/mol. The molecule has 4 heterocycles. The molecule has 1 saturated heterocycles. The highest BCUT2D eigenvalue weighted by molar-refractivity contribution is 5.91. The highest BCUT2D eigenvalue weighted by atomic mass is 19.1. The summed E-state index contributed by atoms with van der Waals surface area (Å²) in [4.78, 5) is 39.1. The summed E-state index contributed by atoms with van der Waals surface area (Å²) in [5, 5.41) is 14.1. The fraction of sp³-hybridized carbons (Fsp3) is 0.292. The second kappa shape index (κ2) is 9.26. The SMILES string of the molecule is CN1CCN(c2ccc3c(n2)CN(C(=O)Nc2nc(-c4ccc(F)cc4)ccc2[N+](=O)[O-])C3)CC1. The van der Waals surface area contributed by atoms with Crippen molar-refractivity contribution in [3.63, 3.8) is 0 Å². The van der Waals surface area contributed by atoms with Crippen LogP contribution in [0.25, 0.3) is 11.3 Å². The number of urea groups is 1. The molecule has 1 N–H and O–H groups in total. The van der Waals surface area contributed by atoms with Gasteiger partial charge >= 0.3 is 11.7 Å². The number of carbonyl (C=O) groups is 1. The van der Waals surface area contributed by atoms with Crippen molar-refractivity contribution < 1.29 is 14.1 Å². The lowest BCUT2D eigenvalue weighted by Gasteiger charge is -2.33. The minimum Gasteiger partial charge on any atom is -0.354 e. The maximum Gasteiger partial charge on any atom is 0.323 e. The van der Waals surface area contributed by atoms with Crippen molar-refractivity contribution in [3.05, 3.63) is 75.7 Å². The third-order valence-corrected chi connectivity index (χ3v) is 6.31. The summed E-state index contributed by atoms with van der Waals surface area (Å²) in [6, 6.07) is 11.8. The van der Waals surface area contributed by atoms with Crippen molar-refractivity contribution in [1.29, 1.82) is 0 Å². The lowest BCUT2D eigenvalue weighted by atomic mass is 10.1. The van der Waals surface area contributed by atoms with Crippen molar-refractivity contribution in [2.75, 3.05) is 43.4 Å². The number of piperazine rings is 1. The Morgan fingerprint density at radius 2 is 1.74 bits per heavy atom. The van der Waals surface area contributed by atoms with Crippen LogP contribution in [0.1, 0.15) is 11.3 Å². The highest BCUT2D eigenvalue weighted by Crippen LogP contribution is 2.29.